The van der Waals surface area contributed by atoms with Gasteiger partial charge in [0.05, 0.1) is 6.61 Å². The molecule has 0 bridgehead atoms. The van der Waals surface area contributed by atoms with Gasteiger partial charge in [-0.2, -0.15) is 0 Å². The molecule has 0 unspecified atom stereocenters. The monoisotopic (exact) mass is 693 g/mol. The summed E-state index contributed by atoms with van der Waals surface area (Å²) in [6, 6.07) is 0. The van der Waals surface area contributed by atoms with E-state index >= 15 is 0 Å². The van der Waals surface area contributed by atoms with E-state index in [0.29, 0.717) is 26.1 Å². The molecule has 48 heavy (non-hydrogen) atoms. The van der Waals surface area contributed by atoms with Gasteiger partial charge in [-0.25, -0.2) is 9.13 Å². The van der Waals surface area contributed by atoms with Crippen LogP contribution in [-0.2, 0) is 29.0 Å². The lowest BCUT2D eigenvalue weighted by molar-refractivity contribution is -0.705. The number of esters is 1. The third-order valence-corrected chi connectivity index (χ3v) is 9.33. The molecule has 0 aromatic carbocycles. The molecular weight excluding hydrogens is 616 g/mol. The molecule has 0 amide bonds. The first-order valence-electron chi connectivity index (χ1n) is 20.4. The summed E-state index contributed by atoms with van der Waals surface area (Å²) in [6.07, 6.45) is 48.5. The summed E-state index contributed by atoms with van der Waals surface area (Å²) in [4.78, 5) is 12.3. The van der Waals surface area contributed by atoms with Crippen molar-refractivity contribution in [2.75, 3.05) is 13.2 Å². The molecule has 0 atom stereocenters. The van der Waals surface area contributed by atoms with Crippen molar-refractivity contribution in [1.82, 2.24) is 4.57 Å². The number of nitrogens with zero attached hydrogens (tertiary/aromatic N) is 2. The van der Waals surface area contributed by atoms with Crippen LogP contribution in [-0.4, -0.2) is 28.9 Å². The van der Waals surface area contributed by atoms with Crippen molar-refractivity contribution in [2.45, 2.75) is 207 Å². The van der Waals surface area contributed by atoms with Crippen molar-refractivity contribution in [3.63, 3.8) is 0 Å². The van der Waals surface area contributed by atoms with Crippen LogP contribution in [0.1, 0.15) is 193 Å². The lowest BCUT2D eigenvalue weighted by atomic mass is 10.1. The van der Waals surface area contributed by atoms with Gasteiger partial charge in [-0.3, -0.25) is 4.79 Å². The van der Waals surface area contributed by atoms with Crippen LogP contribution in [0, 0.1) is 0 Å². The molecule has 0 saturated carbocycles. The van der Waals surface area contributed by atoms with E-state index in [0.717, 1.165) is 25.7 Å². The highest BCUT2D eigenvalue weighted by Gasteiger charge is 2.17. The number of carbonyl (C=O) groups is 1. The summed E-state index contributed by atoms with van der Waals surface area (Å²) in [5, 5.41) is 9.53. The van der Waals surface area contributed by atoms with Crippen LogP contribution in [0.2, 0.25) is 0 Å². The van der Waals surface area contributed by atoms with Gasteiger partial charge in [-0.1, -0.05) is 141 Å². The number of imidazole rings is 1. The van der Waals surface area contributed by atoms with Gasteiger partial charge in [0.15, 0.2) is 0 Å². The predicted molar refractivity (Wildman–Crippen MR) is 201 cm³/mol. The van der Waals surface area contributed by atoms with Gasteiger partial charge in [-0.15, -0.1) is 0 Å². The summed E-state index contributed by atoms with van der Waals surface area (Å²) in [6.45, 7) is 6.39. The fraction of sp³-hybridized carbons (Fsp3) is 0.810. The van der Waals surface area contributed by atoms with Crippen molar-refractivity contribution < 1.29 is 31.6 Å². The molecule has 0 aliphatic rings. The highest BCUT2D eigenvalue weighted by molar-refractivity contribution is 5.69. The molecule has 1 rings (SSSR count). The first-order chi connectivity index (χ1) is 23.2. The number of carbonyl (C=O) groups excluding carboxylic acids is 1. The molecule has 1 aromatic heterocycles. The number of rotatable bonds is 35. The van der Waals surface area contributed by atoms with Gasteiger partial charge < -0.3 is 22.3 Å². The second-order valence-corrected chi connectivity index (χ2v) is 13.7. The second-order valence-electron chi connectivity index (χ2n) is 13.7. The van der Waals surface area contributed by atoms with Crippen molar-refractivity contribution in [1.29, 1.82) is 0 Å². The average molecular weight is 694 g/mol. The Balaban J connectivity index is 0.0000221. The molecule has 0 radical (unpaired) electrons. The van der Waals surface area contributed by atoms with Crippen LogP contribution in [0.5, 0.6) is 0 Å². The quantitative estimate of drug-likeness (QED) is 0.0336. The van der Waals surface area contributed by atoms with E-state index in [1.165, 1.54) is 154 Å². The van der Waals surface area contributed by atoms with Gasteiger partial charge in [0, 0.05) is 12.8 Å². The number of allylic oxidation sites excluding steroid dienone is 4. The van der Waals surface area contributed by atoms with Crippen molar-refractivity contribution in [3.8, 4) is 0 Å². The van der Waals surface area contributed by atoms with E-state index in [1.807, 2.05) is 0 Å². The maximum Gasteiger partial charge on any atom is 0.305 e. The number of unbranched alkanes of at least 4 members (excludes halogenated alkanes) is 22. The molecule has 5 nitrogen and oxygen atoms in total. The largest absolute Gasteiger partial charge is 1.00 e. The van der Waals surface area contributed by atoms with Gasteiger partial charge in [0.25, 0.3) is 5.82 Å². The Hall–Kier alpha value is -1.59. The minimum atomic E-state index is -0.0724. The van der Waals surface area contributed by atoms with Gasteiger partial charge >= 0.3 is 5.97 Å². The van der Waals surface area contributed by atoms with Crippen LogP contribution in [0.15, 0.2) is 36.7 Å². The van der Waals surface area contributed by atoms with E-state index in [-0.39, 0.29) is 25.0 Å². The number of halogens is 1. The number of hydrogen-bond donors (Lipinski definition) is 1. The zero-order chi connectivity index (χ0) is 33.9. The third kappa shape index (κ3) is 28.3. The Morgan fingerprint density at radius 1 is 0.667 bits per heavy atom. The number of hydrogen-bond acceptors (Lipinski definition) is 3. The second kappa shape index (κ2) is 36.7. The minimum Gasteiger partial charge on any atom is -1.00 e. The third-order valence-electron chi connectivity index (χ3n) is 9.33. The minimum absolute atomic E-state index is 0. The first-order valence-corrected chi connectivity index (χ1v) is 20.4. The molecule has 1 aromatic rings. The Kier molecular flexibility index (Phi) is 35.5. The number of aliphatic hydroxyl groups is 1. The average Bonchev–Trinajstić information content (AvgIpc) is 3.45. The zero-order valence-corrected chi connectivity index (χ0v) is 32.4. The molecule has 0 aliphatic heterocycles. The maximum atomic E-state index is 12.3. The Morgan fingerprint density at radius 2 is 1.10 bits per heavy atom. The van der Waals surface area contributed by atoms with E-state index in [1.54, 1.807) is 0 Å². The van der Waals surface area contributed by atoms with E-state index in [9.17, 15) is 9.90 Å². The zero-order valence-electron chi connectivity index (χ0n) is 31.6. The van der Waals surface area contributed by atoms with Gasteiger partial charge in [0.1, 0.15) is 32.1 Å². The summed E-state index contributed by atoms with van der Waals surface area (Å²) in [5.74, 6) is 1.15. The van der Waals surface area contributed by atoms with Crippen LogP contribution in [0.3, 0.4) is 0 Å². The fourth-order valence-electron chi connectivity index (χ4n) is 6.32. The summed E-state index contributed by atoms with van der Waals surface area (Å²) in [7, 11) is 0. The molecule has 280 valence electrons. The Morgan fingerprint density at radius 3 is 1.58 bits per heavy atom. The molecule has 0 saturated heterocycles. The summed E-state index contributed by atoms with van der Waals surface area (Å²) >= 11 is 0. The molecule has 6 heteroatoms. The molecular formula is C42H77ClN2O3. The smallest absolute Gasteiger partial charge is 0.305 e. The van der Waals surface area contributed by atoms with Crippen LogP contribution in [0.25, 0.3) is 0 Å². The van der Waals surface area contributed by atoms with Gasteiger partial charge in [0.2, 0.25) is 0 Å². The molecule has 0 spiro atoms. The molecule has 1 N–H and O–H groups in total. The van der Waals surface area contributed by atoms with E-state index in [4.69, 9.17) is 4.74 Å². The van der Waals surface area contributed by atoms with Crippen molar-refractivity contribution in [2.24, 2.45) is 0 Å². The molecule has 1 heterocycles. The normalized spacial score (nSPS) is 11.6. The summed E-state index contributed by atoms with van der Waals surface area (Å²) < 4.78 is 9.95. The Labute approximate surface area is 303 Å². The van der Waals surface area contributed by atoms with Crippen LogP contribution < -0.4 is 17.0 Å². The van der Waals surface area contributed by atoms with Crippen molar-refractivity contribution >= 4 is 5.97 Å². The lowest BCUT2D eigenvalue weighted by Crippen LogP contribution is -3.00. The topological polar surface area (TPSA) is 55.3 Å². The standard InChI is InChI=1S/C42H77N2O3.ClH/c1-3-5-7-9-11-13-15-17-19-21-23-25-27-29-31-33-41-43(37-39-45)35-36-44(41)38-40-47-42(46)34-32-30-28-26-24-22-20-18-16-14-12-10-8-6-4-2;/h17-20,35-36,45H,3-16,21-34,37-40H2,1-2H3;1H/q+1;/p-1. The predicted octanol–water partition coefficient (Wildman–Crippen LogP) is 8.54. The molecule has 0 aliphatic carbocycles. The summed E-state index contributed by atoms with van der Waals surface area (Å²) in [5.41, 5.74) is 0. The Bertz CT molecular complexity index is 882. The van der Waals surface area contributed by atoms with Crippen molar-refractivity contribution in [3.05, 3.63) is 42.5 Å². The van der Waals surface area contributed by atoms with Gasteiger partial charge in [-0.05, 0) is 64.2 Å². The van der Waals surface area contributed by atoms with E-state index < -0.39 is 0 Å². The fourth-order valence-corrected chi connectivity index (χ4v) is 6.32. The van der Waals surface area contributed by atoms with Crippen LogP contribution in [0.4, 0.5) is 0 Å². The number of ether oxygens (including phenoxy) is 1. The maximum absolute atomic E-state index is 12.3. The first kappa shape index (κ1) is 46.4. The highest BCUT2D eigenvalue weighted by atomic mass is 35.5. The molecule has 0 fully saturated rings. The van der Waals surface area contributed by atoms with Crippen LogP contribution >= 0.6 is 0 Å². The SMILES string of the molecule is CCCCCCCCC=CCCCCCCCC(=O)OCCn1cc[n+](CCO)c1CCCCCCCC=CCCCCCCCC.[Cl-]. The lowest BCUT2D eigenvalue weighted by Gasteiger charge is -2.07. The van der Waals surface area contributed by atoms with E-state index in [2.05, 4.69) is 59.7 Å². The highest BCUT2D eigenvalue weighted by Crippen LogP contribution is 2.13. The number of aliphatic hydroxyl groups excluding tert-OH is 1. The number of aromatic nitrogens is 2.